The summed E-state index contributed by atoms with van der Waals surface area (Å²) in [4.78, 5) is 11.4. The van der Waals surface area contributed by atoms with Crippen LogP contribution in [0.3, 0.4) is 0 Å². The van der Waals surface area contributed by atoms with Gasteiger partial charge in [-0.25, -0.2) is 0 Å². The van der Waals surface area contributed by atoms with E-state index in [1.54, 1.807) is 7.11 Å². The first-order valence-corrected chi connectivity index (χ1v) is 7.79. The summed E-state index contributed by atoms with van der Waals surface area (Å²) < 4.78 is 17.6. The van der Waals surface area contributed by atoms with E-state index in [9.17, 15) is 9.90 Å². The first kappa shape index (κ1) is 17.8. The zero-order chi connectivity index (χ0) is 17.4. The van der Waals surface area contributed by atoms with Crippen molar-refractivity contribution in [3.05, 3.63) is 29.3 Å². The van der Waals surface area contributed by atoms with Crippen LogP contribution in [-0.4, -0.2) is 36.5 Å². The lowest BCUT2D eigenvalue weighted by atomic mass is 9.66. The second-order valence-corrected chi connectivity index (χ2v) is 7.07. The van der Waals surface area contributed by atoms with E-state index in [4.69, 9.17) is 14.0 Å². The Morgan fingerprint density at radius 1 is 1.26 bits per heavy atom. The van der Waals surface area contributed by atoms with Crippen LogP contribution in [-0.2, 0) is 14.1 Å². The Balaban J connectivity index is 2.42. The first-order valence-electron chi connectivity index (χ1n) is 7.79. The lowest BCUT2D eigenvalue weighted by Gasteiger charge is -2.32. The number of carboxylic acids is 1. The molecule has 0 aromatic heterocycles. The maximum Gasteiger partial charge on any atom is 0.466 e. The average Bonchev–Trinajstić information content (AvgIpc) is 2.64. The highest BCUT2D eigenvalue weighted by molar-refractivity contribution is 6.48. The maximum absolute atomic E-state index is 11.4. The fourth-order valence-corrected chi connectivity index (χ4v) is 2.72. The molecule has 0 saturated carbocycles. The second-order valence-electron chi connectivity index (χ2n) is 7.07. The Labute approximate surface area is 138 Å². The van der Waals surface area contributed by atoms with E-state index in [2.05, 4.69) is 0 Å². The number of hydrogen-bond donors (Lipinski definition) is 1. The number of aryl methyl sites for hydroxylation is 1. The molecule has 1 aromatic rings. The summed E-state index contributed by atoms with van der Waals surface area (Å²) in [6.45, 7) is 9.79. The fourth-order valence-electron chi connectivity index (χ4n) is 2.72. The molecule has 0 bridgehead atoms. The number of carbonyl (C=O) groups is 1. The van der Waals surface area contributed by atoms with Crippen LogP contribution < -0.4 is 4.74 Å². The van der Waals surface area contributed by atoms with Gasteiger partial charge in [-0.3, -0.25) is 4.79 Å². The van der Waals surface area contributed by atoms with Gasteiger partial charge in [-0.05, 0) is 51.8 Å². The summed E-state index contributed by atoms with van der Waals surface area (Å²) in [5, 5.41) is 9.33. The molecule has 1 saturated heterocycles. The lowest BCUT2D eigenvalue weighted by Crippen LogP contribution is -2.41. The normalized spacial score (nSPS) is 20.3. The molecule has 1 unspecified atom stereocenters. The molecule has 1 aliphatic rings. The Morgan fingerprint density at radius 3 is 2.30 bits per heavy atom. The Morgan fingerprint density at radius 2 is 1.83 bits per heavy atom. The van der Waals surface area contributed by atoms with Crippen molar-refractivity contribution in [2.45, 2.75) is 58.1 Å². The van der Waals surface area contributed by atoms with E-state index >= 15 is 0 Å². The molecule has 0 amide bonds. The van der Waals surface area contributed by atoms with Crippen molar-refractivity contribution in [1.29, 1.82) is 0 Å². The van der Waals surface area contributed by atoms with Gasteiger partial charge >= 0.3 is 13.1 Å². The van der Waals surface area contributed by atoms with Crippen LogP contribution >= 0.6 is 0 Å². The molecule has 126 valence electrons. The highest BCUT2D eigenvalue weighted by Crippen LogP contribution is 2.43. The van der Waals surface area contributed by atoms with Gasteiger partial charge in [-0.1, -0.05) is 12.1 Å². The molecule has 0 aliphatic carbocycles. The minimum atomic E-state index is -0.896. The summed E-state index contributed by atoms with van der Waals surface area (Å²) >= 11 is 0. The van der Waals surface area contributed by atoms with E-state index in [1.807, 2.05) is 52.8 Å². The molecule has 6 heteroatoms. The summed E-state index contributed by atoms with van der Waals surface area (Å²) in [6.07, 6.45) is -0.0871. The first-order chi connectivity index (χ1) is 10.6. The molecule has 1 heterocycles. The number of methoxy groups -OCH3 is 1. The van der Waals surface area contributed by atoms with E-state index in [0.29, 0.717) is 5.75 Å². The van der Waals surface area contributed by atoms with Gasteiger partial charge < -0.3 is 19.2 Å². The molecular formula is C17H25BO5. The standard InChI is InChI=1S/C17H25BO5/c1-11-7-8-12(14(9-11)21-6)13(10-15(19)20)18-22-16(2,3)17(4,5)23-18/h7-9,13H,10H2,1-6H3,(H,19,20). The molecule has 1 aromatic carbocycles. The number of aliphatic carboxylic acids is 1. The second kappa shape index (κ2) is 6.17. The highest BCUT2D eigenvalue weighted by atomic mass is 16.7. The molecule has 5 nitrogen and oxygen atoms in total. The Kier molecular flexibility index (Phi) is 4.78. The molecule has 0 spiro atoms. The number of rotatable bonds is 5. The van der Waals surface area contributed by atoms with Gasteiger partial charge in [-0.15, -0.1) is 0 Å². The van der Waals surface area contributed by atoms with Gasteiger partial charge in [0.1, 0.15) is 5.75 Å². The fraction of sp³-hybridized carbons (Fsp3) is 0.588. The minimum absolute atomic E-state index is 0.0871. The van der Waals surface area contributed by atoms with Crippen LogP contribution in [0.4, 0.5) is 0 Å². The molecule has 2 rings (SSSR count). The Bertz CT molecular complexity index is 581. The molecule has 1 aliphatic heterocycles. The van der Waals surface area contributed by atoms with Gasteiger partial charge in [0.05, 0.1) is 24.7 Å². The topological polar surface area (TPSA) is 65.0 Å². The van der Waals surface area contributed by atoms with Crippen LogP contribution in [0.15, 0.2) is 18.2 Å². The zero-order valence-corrected chi connectivity index (χ0v) is 14.7. The van der Waals surface area contributed by atoms with Gasteiger partial charge in [0.2, 0.25) is 0 Å². The van der Waals surface area contributed by atoms with Crippen LogP contribution in [0.2, 0.25) is 0 Å². The van der Waals surface area contributed by atoms with Gasteiger partial charge in [0.25, 0.3) is 0 Å². The zero-order valence-electron chi connectivity index (χ0n) is 14.7. The van der Waals surface area contributed by atoms with Crippen LogP contribution in [0.1, 0.15) is 51.1 Å². The molecule has 0 radical (unpaired) electrons. The number of ether oxygens (including phenoxy) is 1. The van der Waals surface area contributed by atoms with E-state index in [1.165, 1.54) is 0 Å². The van der Waals surface area contributed by atoms with Crippen LogP contribution in [0.25, 0.3) is 0 Å². The third-order valence-electron chi connectivity index (χ3n) is 4.78. The highest BCUT2D eigenvalue weighted by Gasteiger charge is 2.54. The quantitative estimate of drug-likeness (QED) is 0.844. The van der Waals surface area contributed by atoms with Crippen LogP contribution in [0.5, 0.6) is 5.75 Å². The minimum Gasteiger partial charge on any atom is -0.496 e. The lowest BCUT2D eigenvalue weighted by molar-refractivity contribution is -0.137. The number of hydrogen-bond acceptors (Lipinski definition) is 4. The van der Waals surface area contributed by atoms with Crippen molar-refractivity contribution in [3.63, 3.8) is 0 Å². The maximum atomic E-state index is 11.4. The van der Waals surface area contributed by atoms with Gasteiger partial charge in [-0.2, -0.15) is 0 Å². The van der Waals surface area contributed by atoms with Crippen molar-refractivity contribution < 1.29 is 23.9 Å². The van der Waals surface area contributed by atoms with Gasteiger partial charge in [0, 0.05) is 5.82 Å². The van der Waals surface area contributed by atoms with E-state index in [0.717, 1.165) is 11.1 Å². The smallest absolute Gasteiger partial charge is 0.466 e. The van der Waals surface area contributed by atoms with Gasteiger partial charge in [0.15, 0.2) is 0 Å². The van der Waals surface area contributed by atoms with Crippen molar-refractivity contribution in [3.8, 4) is 5.75 Å². The molecule has 23 heavy (non-hydrogen) atoms. The summed E-state index contributed by atoms with van der Waals surface area (Å²) in [5.41, 5.74) is 0.825. The predicted molar refractivity (Wildman–Crippen MR) is 88.8 cm³/mol. The monoisotopic (exact) mass is 320 g/mol. The van der Waals surface area contributed by atoms with E-state index in [-0.39, 0.29) is 6.42 Å². The number of benzene rings is 1. The van der Waals surface area contributed by atoms with Crippen molar-refractivity contribution in [2.75, 3.05) is 7.11 Å². The third kappa shape index (κ3) is 3.53. The van der Waals surface area contributed by atoms with Crippen molar-refractivity contribution in [1.82, 2.24) is 0 Å². The van der Waals surface area contributed by atoms with Crippen LogP contribution in [0, 0.1) is 6.92 Å². The number of carboxylic acid groups (broad SMARTS) is 1. The third-order valence-corrected chi connectivity index (χ3v) is 4.78. The molecular weight excluding hydrogens is 295 g/mol. The Hall–Kier alpha value is -1.53. The summed E-state index contributed by atoms with van der Waals surface area (Å²) in [5.74, 6) is -0.678. The van der Waals surface area contributed by atoms with Crippen molar-refractivity contribution in [2.24, 2.45) is 0 Å². The molecule has 1 atom stereocenters. The summed E-state index contributed by atoms with van der Waals surface area (Å²) in [6, 6.07) is 5.74. The predicted octanol–water partition coefficient (Wildman–Crippen LogP) is 3.19. The SMILES string of the molecule is COc1cc(C)ccc1C(CC(=O)O)B1OC(C)(C)C(C)(C)O1. The summed E-state index contributed by atoms with van der Waals surface area (Å²) in [7, 11) is 0.952. The van der Waals surface area contributed by atoms with Crippen molar-refractivity contribution >= 4 is 13.1 Å². The van der Waals surface area contributed by atoms with E-state index < -0.39 is 30.1 Å². The largest absolute Gasteiger partial charge is 0.496 e. The molecule has 1 N–H and O–H groups in total. The molecule has 1 fully saturated rings. The average molecular weight is 320 g/mol.